The van der Waals surface area contributed by atoms with Gasteiger partial charge < -0.3 is 19.5 Å². The van der Waals surface area contributed by atoms with Gasteiger partial charge in [0.25, 0.3) is 0 Å². The van der Waals surface area contributed by atoms with Crippen LogP contribution in [0.25, 0.3) is 0 Å². The van der Waals surface area contributed by atoms with Crippen molar-refractivity contribution in [2.45, 2.75) is 56.1 Å². The molecule has 3 rings (SSSR count). The van der Waals surface area contributed by atoms with Crippen LogP contribution in [0.1, 0.15) is 25.7 Å². The van der Waals surface area contributed by atoms with Crippen LogP contribution in [0.15, 0.2) is 0 Å². The van der Waals surface area contributed by atoms with Gasteiger partial charge in [0, 0.05) is 46.4 Å². The molecule has 3 fully saturated rings. The third-order valence-electron chi connectivity index (χ3n) is 4.77. The summed E-state index contributed by atoms with van der Waals surface area (Å²) in [6.45, 7) is 3.96. The molecule has 0 aromatic heterocycles. The van der Waals surface area contributed by atoms with Gasteiger partial charge >= 0.3 is 0 Å². The van der Waals surface area contributed by atoms with Gasteiger partial charge in [-0.1, -0.05) is 0 Å². The van der Waals surface area contributed by atoms with E-state index in [1.807, 2.05) is 0 Å². The number of nitrogens with one attached hydrogen (secondary N) is 1. The highest BCUT2D eigenvalue weighted by Crippen LogP contribution is 2.24. The third kappa shape index (κ3) is 3.71. The molecular weight excluding hydrogens is 256 g/mol. The van der Waals surface area contributed by atoms with Crippen molar-refractivity contribution in [1.82, 2.24) is 10.2 Å². The van der Waals surface area contributed by atoms with Crippen LogP contribution >= 0.6 is 0 Å². The van der Waals surface area contributed by atoms with Gasteiger partial charge in [-0.3, -0.25) is 4.90 Å². The Bertz CT molecular complexity index is 299. The van der Waals surface area contributed by atoms with E-state index in [-0.39, 0.29) is 12.2 Å². The zero-order valence-electron chi connectivity index (χ0n) is 12.7. The molecule has 0 radical (unpaired) electrons. The number of methoxy groups -OCH3 is 2. The van der Waals surface area contributed by atoms with E-state index in [1.54, 1.807) is 14.2 Å². The van der Waals surface area contributed by atoms with Crippen LogP contribution in [0.4, 0.5) is 0 Å². The maximum Gasteiger partial charge on any atom is 0.0971 e. The molecule has 0 spiro atoms. The summed E-state index contributed by atoms with van der Waals surface area (Å²) < 4.78 is 17.1. The summed E-state index contributed by atoms with van der Waals surface area (Å²) in [5, 5.41) is 3.57. The summed E-state index contributed by atoms with van der Waals surface area (Å²) in [5.74, 6) is 0. The quantitative estimate of drug-likeness (QED) is 0.743. The van der Waals surface area contributed by atoms with Crippen LogP contribution < -0.4 is 5.32 Å². The fraction of sp³-hybridized carbons (Fsp3) is 1.00. The largest absolute Gasteiger partial charge is 0.377 e. The molecule has 2 saturated heterocycles. The molecule has 4 atom stereocenters. The first kappa shape index (κ1) is 14.7. The van der Waals surface area contributed by atoms with Crippen LogP contribution in [-0.2, 0) is 14.2 Å². The molecule has 20 heavy (non-hydrogen) atoms. The topological polar surface area (TPSA) is 43.0 Å². The molecule has 5 nitrogen and oxygen atoms in total. The standard InChI is InChI=1S/C15H28N2O3/c1-18-14-9-17(10-15(14)19-2)8-13-6-5-12(20-13)7-16-11-3-4-11/h11-16H,3-10H2,1-2H3. The molecule has 1 N–H and O–H groups in total. The fourth-order valence-corrected chi connectivity index (χ4v) is 3.36. The SMILES string of the molecule is COC1CN(CC2CCC(CNC3CC3)O2)CC1OC. The molecule has 3 aliphatic rings. The van der Waals surface area contributed by atoms with Crippen molar-refractivity contribution < 1.29 is 14.2 Å². The second-order valence-corrected chi connectivity index (χ2v) is 6.41. The molecule has 0 aromatic rings. The monoisotopic (exact) mass is 284 g/mol. The van der Waals surface area contributed by atoms with Crippen molar-refractivity contribution >= 4 is 0 Å². The van der Waals surface area contributed by atoms with Crippen molar-refractivity contribution in [3.8, 4) is 0 Å². The zero-order valence-corrected chi connectivity index (χ0v) is 12.7. The highest BCUT2D eigenvalue weighted by atomic mass is 16.5. The van der Waals surface area contributed by atoms with E-state index in [0.717, 1.165) is 32.2 Å². The predicted octanol–water partition coefficient (Wildman–Crippen LogP) is 0.632. The molecule has 0 aromatic carbocycles. The number of rotatable bonds is 7. The summed E-state index contributed by atoms with van der Waals surface area (Å²) in [6, 6.07) is 0.779. The minimum atomic E-state index is 0.203. The summed E-state index contributed by atoms with van der Waals surface area (Å²) in [5.41, 5.74) is 0. The molecular formula is C15H28N2O3. The van der Waals surface area contributed by atoms with E-state index >= 15 is 0 Å². The lowest BCUT2D eigenvalue weighted by Crippen LogP contribution is -2.34. The van der Waals surface area contributed by atoms with Gasteiger partial charge in [-0.15, -0.1) is 0 Å². The third-order valence-corrected chi connectivity index (χ3v) is 4.77. The Morgan fingerprint density at radius 3 is 2.25 bits per heavy atom. The van der Waals surface area contributed by atoms with Crippen molar-refractivity contribution in [2.75, 3.05) is 40.4 Å². The second kappa shape index (κ2) is 6.71. The highest BCUT2D eigenvalue weighted by molar-refractivity contribution is 4.89. The van der Waals surface area contributed by atoms with Gasteiger partial charge in [0.2, 0.25) is 0 Å². The maximum atomic E-state index is 6.15. The van der Waals surface area contributed by atoms with E-state index in [1.165, 1.54) is 25.7 Å². The van der Waals surface area contributed by atoms with Gasteiger partial charge in [-0.25, -0.2) is 0 Å². The minimum absolute atomic E-state index is 0.203. The highest BCUT2D eigenvalue weighted by Gasteiger charge is 2.36. The van der Waals surface area contributed by atoms with Crippen LogP contribution in [0.2, 0.25) is 0 Å². The first-order chi connectivity index (χ1) is 9.78. The summed E-state index contributed by atoms with van der Waals surface area (Å²) >= 11 is 0. The first-order valence-corrected chi connectivity index (χ1v) is 7.95. The summed E-state index contributed by atoms with van der Waals surface area (Å²) in [4.78, 5) is 2.42. The lowest BCUT2D eigenvalue weighted by atomic mass is 10.2. The van der Waals surface area contributed by atoms with Gasteiger partial charge in [0.15, 0.2) is 0 Å². The average molecular weight is 284 g/mol. The van der Waals surface area contributed by atoms with E-state index < -0.39 is 0 Å². The lowest BCUT2D eigenvalue weighted by Gasteiger charge is -2.20. The fourth-order valence-electron chi connectivity index (χ4n) is 3.36. The first-order valence-electron chi connectivity index (χ1n) is 7.95. The number of likely N-dealkylation sites (tertiary alicyclic amines) is 1. The van der Waals surface area contributed by atoms with Gasteiger partial charge in [0.05, 0.1) is 24.4 Å². The van der Waals surface area contributed by atoms with E-state index in [4.69, 9.17) is 14.2 Å². The maximum absolute atomic E-state index is 6.15. The average Bonchev–Trinajstić information content (AvgIpc) is 3.05. The van der Waals surface area contributed by atoms with Crippen molar-refractivity contribution in [3.63, 3.8) is 0 Å². The molecule has 0 amide bonds. The molecule has 0 bridgehead atoms. The number of ether oxygens (including phenoxy) is 3. The lowest BCUT2D eigenvalue weighted by molar-refractivity contribution is -0.00461. The Hall–Kier alpha value is -0.200. The summed E-state index contributed by atoms with van der Waals surface area (Å²) in [7, 11) is 3.54. The van der Waals surface area contributed by atoms with Crippen molar-refractivity contribution in [2.24, 2.45) is 0 Å². The Labute approximate surface area is 121 Å². The molecule has 5 heteroatoms. The van der Waals surface area contributed by atoms with Crippen LogP contribution in [-0.4, -0.2) is 75.8 Å². The number of hydrogen-bond donors (Lipinski definition) is 1. The van der Waals surface area contributed by atoms with Gasteiger partial charge in [-0.05, 0) is 25.7 Å². The molecule has 2 heterocycles. The van der Waals surface area contributed by atoms with Gasteiger partial charge in [0.1, 0.15) is 0 Å². The van der Waals surface area contributed by atoms with Gasteiger partial charge in [-0.2, -0.15) is 0 Å². The molecule has 4 unspecified atom stereocenters. The van der Waals surface area contributed by atoms with Crippen LogP contribution in [0.3, 0.4) is 0 Å². The normalized spacial score (nSPS) is 38.7. The summed E-state index contributed by atoms with van der Waals surface area (Å²) in [6.07, 6.45) is 6.28. The van der Waals surface area contributed by atoms with E-state index in [9.17, 15) is 0 Å². The Balaban J connectivity index is 1.38. The van der Waals surface area contributed by atoms with Crippen LogP contribution in [0, 0.1) is 0 Å². The Kier molecular flexibility index (Phi) is 4.94. The van der Waals surface area contributed by atoms with Crippen molar-refractivity contribution in [1.29, 1.82) is 0 Å². The molecule has 1 saturated carbocycles. The predicted molar refractivity (Wildman–Crippen MR) is 77.0 cm³/mol. The number of hydrogen-bond acceptors (Lipinski definition) is 5. The smallest absolute Gasteiger partial charge is 0.0971 e. The van der Waals surface area contributed by atoms with E-state index in [2.05, 4.69) is 10.2 Å². The molecule has 1 aliphatic carbocycles. The number of nitrogens with zero attached hydrogens (tertiary/aromatic N) is 1. The van der Waals surface area contributed by atoms with Crippen molar-refractivity contribution in [3.05, 3.63) is 0 Å². The van der Waals surface area contributed by atoms with E-state index in [0.29, 0.717) is 12.2 Å². The molecule has 2 aliphatic heterocycles. The Morgan fingerprint density at radius 2 is 1.65 bits per heavy atom. The van der Waals surface area contributed by atoms with Crippen LogP contribution in [0.5, 0.6) is 0 Å². The second-order valence-electron chi connectivity index (χ2n) is 6.41. The molecule has 116 valence electrons. The zero-order chi connectivity index (χ0) is 13.9. The Morgan fingerprint density at radius 1 is 1.00 bits per heavy atom. The minimum Gasteiger partial charge on any atom is -0.377 e.